The van der Waals surface area contributed by atoms with Crippen LogP contribution in [0.1, 0.15) is 16.1 Å². The minimum atomic E-state index is 0.0336. The van der Waals surface area contributed by atoms with Crippen LogP contribution >= 0.6 is 0 Å². The lowest BCUT2D eigenvalue weighted by Crippen LogP contribution is -2.49. The fourth-order valence-electron chi connectivity index (χ4n) is 3.38. The summed E-state index contributed by atoms with van der Waals surface area (Å²) in [6.45, 7) is 4.72. The number of methoxy groups -OCH3 is 1. The molecule has 4 rings (SSSR count). The molecule has 0 atom stereocenters. The number of aromatic amines is 1. The van der Waals surface area contributed by atoms with Crippen molar-refractivity contribution in [3.05, 3.63) is 47.9 Å². The summed E-state index contributed by atoms with van der Waals surface area (Å²) in [5.41, 5.74) is 2.54. The summed E-state index contributed by atoms with van der Waals surface area (Å²) in [7, 11) is 1.64. The van der Waals surface area contributed by atoms with Crippen LogP contribution in [0.25, 0.3) is 10.9 Å². The zero-order valence-electron chi connectivity index (χ0n) is 14.9. The molecule has 3 aromatic rings. The quantitative estimate of drug-likeness (QED) is 0.783. The van der Waals surface area contributed by atoms with E-state index >= 15 is 0 Å². The Bertz CT molecular complexity index is 930. The van der Waals surface area contributed by atoms with Crippen LogP contribution in [0.3, 0.4) is 0 Å². The average Bonchev–Trinajstić information content (AvgIpc) is 3.04. The number of hydrogen-bond acceptors (Lipinski definition) is 5. The molecule has 0 bridgehead atoms. The van der Waals surface area contributed by atoms with E-state index in [0.717, 1.165) is 35.3 Å². The minimum Gasteiger partial charge on any atom is -0.497 e. The van der Waals surface area contributed by atoms with Crippen molar-refractivity contribution in [3.8, 4) is 5.75 Å². The number of H-pyrrole nitrogens is 1. The van der Waals surface area contributed by atoms with E-state index in [1.807, 2.05) is 30.0 Å². The maximum absolute atomic E-state index is 13.0. The molecular formula is C19H21N5O2. The van der Waals surface area contributed by atoms with Gasteiger partial charge in [-0.2, -0.15) is 0 Å². The predicted octanol–water partition coefficient (Wildman–Crippen LogP) is 2.24. The third-order valence-corrected chi connectivity index (χ3v) is 4.88. The Morgan fingerprint density at radius 2 is 1.88 bits per heavy atom. The monoisotopic (exact) mass is 351 g/mol. The van der Waals surface area contributed by atoms with Crippen LogP contribution in [0.4, 0.5) is 5.95 Å². The first kappa shape index (κ1) is 16.4. The second-order valence-corrected chi connectivity index (χ2v) is 6.36. The Balaban J connectivity index is 1.52. The summed E-state index contributed by atoms with van der Waals surface area (Å²) in [4.78, 5) is 28.8. The smallest absolute Gasteiger partial charge is 0.270 e. The molecule has 0 radical (unpaired) electrons. The number of benzene rings is 1. The average molecular weight is 351 g/mol. The number of rotatable bonds is 3. The van der Waals surface area contributed by atoms with Crippen molar-refractivity contribution in [3.63, 3.8) is 0 Å². The molecule has 1 aliphatic heterocycles. The first-order valence-electron chi connectivity index (χ1n) is 8.65. The molecule has 1 N–H and O–H groups in total. The van der Waals surface area contributed by atoms with E-state index < -0.39 is 0 Å². The van der Waals surface area contributed by atoms with E-state index in [2.05, 4.69) is 19.9 Å². The number of nitrogens with zero attached hydrogens (tertiary/aromatic N) is 4. The number of carbonyl (C=O) groups is 1. The van der Waals surface area contributed by atoms with Gasteiger partial charge in [-0.05, 0) is 30.7 Å². The van der Waals surface area contributed by atoms with Gasteiger partial charge in [0.05, 0.1) is 7.11 Å². The van der Waals surface area contributed by atoms with E-state index in [4.69, 9.17) is 4.74 Å². The van der Waals surface area contributed by atoms with Gasteiger partial charge in [0.1, 0.15) is 11.4 Å². The topological polar surface area (TPSA) is 74.3 Å². The molecule has 1 aliphatic rings. The molecule has 0 spiro atoms. The lowest BCUT2D eigenvalue weighted by Gasteiger charge is -2.34. The summed E-state index contributed by atoms with van der Waals surface area (Å²) < 4.78 is 5.27. The summed E-state index contributed by atoms with van der Waals surface area (Å²) in [5, 5.41) is 1.05. The number of piperazine rings is 1. The number of hydrogen-bond donors (Lipinski definition) is 1. The number of amides is 1. The fraction of sp³-hybridized carbons (Fsp3) is 0.316. The first-order valence-corrected chi connectivity index (χ1v) is 8.65. The molecule has 1 amide bonds. The van der Waals surface area contributed by atoms with Crippen molar-refractivity contribution in [1.29, 1.82) is 0 Å². The Morgan fingerprint density at radius 3 is 2.58 bits per heavy atom. The van der Waals surface area contributed by atoms with Gasteiger partial charge in [-0.3, -0.25) is 4.79 Å². The van der Waals surface area contributed by atoms with Crippen LogP contribution in [0.5, 0.6) is 5.75 Å². The van der Waals surface area contributed by atoms with Crippen LogP contribution in [-0.4, -0.2) is 59.0 Å². The van der Waals surface area contributed by atoms with Gasteiger partial charge in [0.25, 0.3) is 5.91 Å². The fourth-order valence-corrected chi connectivity index (χ4v) is 3.38. The molecular weight excluding hydrogens is 330 g/mol. The molecule has 1 saturated heterocycles. The van der Waals surface area contributed by atoms with Gasteiger partial charge < -0.3 is 19.5 Å². The molecule has 3 heterocycles. The highest BCUT2D eigenvalue weighted by atomic mass is 16.5. The zero-order valence-corrected chi connectivity index (χ0v) is 14.9. The van der Waals surface area contributed by atoms with E-state index in [0.29, 0.717) is 24.7 Å². The second kappa shape index (κ2) is 6.67. The van der Waals surface area contributed by atoms with E-state index in [1.165, 1.54) is 0 Å². The first-order chi connectivity index (χ1) is 12.7. The van der Waals surface area contributed by atoms with E-state index in [1.54, 1.807) is 25.6 Å². The maximum atomic E-state index is 13.0. The van der Waals surface area contributed by atoms with Crippen molar-refractivity contribution >= 4 is 22.8 Å². The predicted molar refractivity (Wildman–Crippen MR) is 99.7 cm³/mol. The van der Waals surface area contributed by atoms with Gasteiger partial charge in [0.2, 0.25) is 5.95 Å². The van der Waals surface area contributed by atoms with Gasteiger partial charge in [-0.1, -0.05) is 0 Å². The summed E-state index contributed by atoms with van der Waals surface area (Å²) in [6, 6.07) is 7.62. The SMILES string of the molecule is COc1ccc2c(C)c(C(=O)N3CCN(c4ncccn4)CC3)[nH]c2c1. The Labute approximate surface area is 151 Å². The van der Waals surface area contributed by atoms with Crippen LogP contribution in [0, 0.1) is 6.92 Å². The Morgan fingerprint density at radius 1 is 1.15 bits per heavy atom. The van der Waals surface area contributed by atoms with Crippen molar-refractivity contribution in [1.82, 2.24) is 19.9 Å². The lowest BCUT2D eigenvalue weighted by molar-refractivity contribution is 0.0740. The van der Waals surface area contributed by atoms with Crippen LogP contribution in [0.2, 0.25) is 0 Å². The highest BCUT2D eigenvalue weighted by Gasteiger charge is 2.26. The van der Waals surface area contributed by atoms with Gasteiger partial charge in [0, 0.05) is 55.5 Å². The molecule has 2 aromatic heterocycles. The number of nitrogens with one attached hydrogen (secondary N) is 1. The van der Waals surface area contributed by atoms with Crippen LogP contribution in [-0.2, 0) is 0 Å². The third kappa shape index (κ3) is 2.85. The molecule has 1 fully saturated rings. The Kier molecular flexibility index (Phi) is 4.20. The number of aryl methyl sites for hydroxylation is 1. The van der Waals surface area contributed by atoms with E-state index in [9.17, 15) is 4.79 Å². The number of carbonyl (C=O) groups excluding carboxylic acids is 1. The third-order valence-electron chi connectivity index (χ3n) is 4.88. The standard InChI is InChI=1S/C19H21N5O2/c1-13-15-5-4-14(26-2)12-16(15)22-17(13)18(25)23-8-10-24(11-9-23)19-20-6-3-7-21-19/h3-7,12,22H,8-11H2,1-2H3. The molecule has 7 heteroatoms. The van der Waals surface area contributed by atoms with Crippen LogP contribution in [0.15, 0.2) is 36.7 Å². The summed E-state index contributed by atoms with van der Waals surface area (Å²) in [6.07, 6.45) is 3.48. The number of aromatic nitrogens is 3. The maximum Gasteiger partial charge on any atom is 0.270 e. The van der Waals surface area contributed by atoms with Gasteiger partial charge >= 0.3 is 0 Å². The van der Waals surface area contributed by atoms with Crippen molar-refractivity contribution in [2.45, 2.75) is 6.92 Å². The molecule has 0 saturated carbocycles. The van der Waals surface area contributed by atoms with Crippen molar-refractivity contribution < 1.29 is 9.53 Å². The second-order valence-electron chi connectivity index (χ2n) is 6.36. The molecule has 0 aliphatic carbocycles. The number of anilines is 1. The molecule has 26 heavy (non-hydrogen) atoms. The largest absolute Gasteiger partial charge is 0.497 e. The summed E-state index contributed by atoms with van der Waals surface area (Å²) in [5.74, 6) is 1.52. The summed E-state index contributed by atoms with van der Waals surface area (Å²) >= 11 is 0. The van der Waals surface area contributed by atoms with Crippen LogP contribution < -0.4 is 9.64 Å². The lowest BCUT2D eigenvalue weighted by atomic mass is 10.1. The number of ether oxygens (including phenoxy) is 1. The molecule has 134 valence electrons. The van der Waals surface area contributed by atoms with Crippen molar-refractivity contribution in [2.75, 3.05) is 38.2 Å². The highest BCUT2D eigenvalue weighted by molar-refractivity contribution is 6.01. The van der Waals surface area contributed by atoms with Gasteiger partial charge in [-0.25, -0.2) is 9.97 Å². The van der Waals surface area contributed by atoms with Crippen molar-refractivity contribution in [2.24, 2.45) is 0 Å². The normalized spacial score (nSPS) is 14.7. The number of fused-ring (bicyclic) bond motifs is 1. The van der Waals surface area contributed by atoms with Gasteiger partial charge in [-0.15, -0.1) is 0 Å². The zero-order chi connectivity index (χ0) is 18.1. The minimum absolute atomic E-state index is 0.0336. The molecule has 1 aromatic carbocycles. The van der Waals surface area contributed by atoms with Gasteiger partial charge in [0.15, 0.2) is 0 Å². The molecule has 0 unspecified atom stereocenters. The highest BCUT2D eigenvalue weighted by Crippen LogP contribution is 2.26. The van der Waals surface area contributed by atoms with E-state index in [-0.39, 0.29) is 5.91 Å². The molecule has 7 nitrogen and oxygen atoms in total. The Hall–Kier alpha value is -3.09.